The van der Waals surface area contributed by atoms with Gasteiger partial charge in [-0.25, -0.2) is 0 Å². The average Bonchev–Trinajstić information content (AvgIpc) is 1.61. The summed E-state index contributed by atoms with van der Waals surface area (Å²) in [5.74, 6) is 0. The molecule has 3 saturated heterocycles. The lowest BCUT2D eigenvalue weighted by Crippen LogP contribution is -2.28. The molecule has 0 radical (unpaired) electrons. The first-order valence-corrected chi connectivity index (χ1v) is 46.7. The van der Waals surface area contributed by atoms with E-state index in [1.807, 2.05) is 6.08 Å². The van der Waals surface area contributed by atoms with Crippen molar-refractivity contribution in [2.75, 3.05) is 19.6 Å². The average molecular weight is 1470 g/mol. The van der Waals surface area contributed by atoms with Crippen LogP contribution in [0.25, 0.3) is 0 Å². The summed E-state index contributed by atoms with van der Waals surface area (Å²) in [7, 11) is -0.730. The fraction of sp³-hybridized carbons (Fsp3) is 0.283. The number of hydrogen-bond acceptors (Lipinski definition) is 3. The summed E-state index contributed by atoms with van der Waals surface area (Å²) in [6, 6.07) is 111. The van der Waals surface area contributed by atoms with E-state index in [2.05, 4.69) is 353 Å². The summed E-state index contributed by atoms with van der Waals surface area (Å²) in [6.07, 6.45) is 25.6. The topological polar surface area (TPSA) is 9.72 Å². The van der Waals surface area contributed by atoms with Gasteiger partial charge in [0.25, 0.3) is 0 Å². The van der Waals surface area contributed by atoms with Crippen molar-refractivity contribution in [2.24, 2.45) is 0 Å². The Kier molecular flexibility index (Phi) is 27.8. The number of nitrogens with zero attached hydrogens (tertiary/aromatic N) is 3. The molecule has 3 aliphatic heterocycles. The minimum Gasteiger partial charge on any atom is -0.251 e. The normalized spacial score (nSPS) is 20.8. The van der Waals surface area contributed by atoms with Gasteiger partial charge in [-0.15, -0.1) is 9.24 Å². The first-order chi connectivity index (χ1) is 50.4. The Morgan fingerprint density at radius 1 is 0.373 bits per heavy atom. The van der Waals surface area contributed by atoms with E-state index in [0.29, 0.717) is 33.7 Å². The minimum absolute atomic E-state index is 0.414. The van der Waals surface area contributed by atoms with Gasteiger partial charge in [-0.1, -0.05) is 356 Å². The van der Waals surface area contributed by atoms with Gasteiger partial charge in [0.15, 0.2) is 0 Å². The van der Waals surface area contributed by atoms with Crippen LogP contribution in [0.5, 0.6) is 0 Å². The van der Waals surface area contributed by atoms with Gasteiger partial charge in [0, 0.05) is 77.5 Å². The van der Waals surface area contributed by atoms with Crippen molar-refractivity contribution in [3.63, 3.8) is 0 Å². The minimum atomic E-state index is -0.812. The Morgan fingerprint density at radius 2 is 0.686 bits per heavy atom. The molecule has 0 bridgehead atoms. The van der Waals surface area contributed by atoms with Crippen molar-refractivity contribution in [2.45, 2.75) is 144 Å². The van der Waals surface area contributed by atoms with Gasteiger partial charge in [-0.2, -0.15) is 0 Å². The van der Waals surface area contributed by atoms with E-state index in [1.165, 1.54) is 141 Å². The second-order valence-corrected chi connectivity index (χ2v) is 44.0. The summed E-state index contributed by atoms with van der Waals surface area (Å²) >= 11 is 0. The van der Waals surface area contributed by atoms with E-state index in [-0.39, 0.29) is 0 Å². The fourth-order valence-corrected chi connectivity index (χ4v) is 39.3. The summed E-state index contributed by atoms with van der Waals surface area (Å²) in [5.41, 5.74) is 13.9. The second-order valence-electron chi connectivity index (χ2n) is 27.7. The fourth-order valence-electron chi connectivity index (χ4n) is 15.7. The molecule has 10 aromatic carbocycles. The molecule has 102 heavy (non-hydrogen) atoms. The van der Waals surface area contributed by atoms with Crippen molar-refractivity contribution in [3.8, 4) is 0 Å². The molecule has 0 saturated carbocycles. The molecule has 3 aliphatic rings. The highest BCUT2D eigenvalue weighted by molar-refractivity contribution is 7.81. The van der Waals surface area contributed by atoms with Gasteiger partial charge >= 0.3 is 0 Å². The molecule has 10 heteroatoms. The van der Waals surface area contributed by atoms with Crippen LogP contribution in [-0.2, 0) is 12.8 Å². The summed E-state index contributed by atoms with van der Waals surface area (Å²) in [5, 5.41) is 9.32. The maximum absolute atomic E-state index is 4.32. The number of unbranched alkanes of at least 4 members (excludes halogenated alkanes) is 3. The van der Waals surface area contributed by atoms with Gasteiger partial charge < -0.3 is 0 Å². The van der Waals surface area contributed by atoms with E-state index in [9.17, 15) is 0 Å². The zero-order valence-electron chi connectivity index (χ0n) is 60.2. The molecule has 3 nitrogen and oxygen atoms in total. The molecule has 13 rings (SSSR count). The monoisotopic (exact) mass is 1470 g/mol. The van der Waals surface area contributed by atoms with E-state index < -0.39 is 48.4 Å². The van der Waals surface area contributed by atoms with Crippen molar-refractivity contribution in [1.82, 2.24) is 13.3 Å². The highest BCUT2D eigenvalue weighted by Crippen LogP contribution is 2.77. The van der Waals surface area contributed by atoms with Crippen LogP contribution in [0.1, 0.15) is 159 Å². The molecular formula is C92H104N3P7. The van der Waals surface area contributed by atoms with Crippen LogP contribution in [0, 0.1) is 0 Å². The SMILES string of the molecule is C=C/C=C(\C=C/[C@@H]1CC[C@@H](c2ccc(Cc3ccc(P(c4ccccc4)N(CCCC)P4[C@@H](c5ccccc5)CC[C@@H]4c4ccccc4)cc3)cc2)P1N(CCCC)P(c1ccccc1)c1ccccc1)Cc1ccc(P(c2ccccc2)N(CCCC)P2[C@H](P)CC[C@H]2c2ccccc2)cc1. The van der Waals surface area contributed by atoms with Crippen LogP contribution in [0.4, 0.5) is 0 Å². The highest BCUT2D eigenvalue weighted by atomic mass is 31.2. The third kappa shape index (κ3) is 18.4. The molecule has 0 aromatic heterocycles. The number of benzene rings is 10. The van der Waals surface area contributed by atoms with Gasteiger partial charge in [-0.05, 0) is 171 Å². The van der Waals surface area contributed by atoms with Gasteiger partial charge in [0.2, 0.25) is 0 Å². The zero-order chi connectivity index (χ0) is 69.8. The third-order valence-corrected chi connectivity index (χ3v) is 41.2. The Bertz CT molecular complexity index is 4100. The molecule has 0 aliphatic carbocycles. The maximum Gasteiger partial charge on any atom is 0.0318 e. The Balaban J connectivity index is 0.787. The molecule has 11 atom stereocenters. The number of allylic oxidation sites excluding steroid dienone is 5. The quantitative estimate of drug-likeness (QED) is 0.0307. The van der Waals surface area contributed by atoms with Gasteiger partial charge in [-0.3, -0.25) is 13.3 Å². The number of hydrogen-bond donors (Lipinski definition) is 0. The predicted octanol–water partition coefficient (Wildman–Crippen LogP) is 24.6. The second kappa shape index (κ2) is 38.0. The molecular weight excluding hydrogens is 1360 g/mol. The Hall–Kier alpha value is -5.69. The van der Waals surface area contributed by atoms with Gasteiger partial charge in [0.1, 0.15) is 0 Å². The van der Waals surface area contributed by atoms with Crippen molar-refractivity contribution in [3.05, 3.63) is 361 Å². The van der Waals surface area contributed by atoms with Crippen molar-refractivity contribution >= 4 is 89.5 Å². The van der Waals surface area contributed by atoms with Crippen LogP contribution in [-0.4, -0.2) is 44.0 Å². The molecule has 0 N–H and O–H groups in total. The van der Waals surface area contributed by atoms with Crippen LogP contribution < -0.4 is 31.8 Å². The lowest BCUT2D eigenvalue weighted by molar-refractivity contribution is 0.632. The van der Waals surface area contributed by atoms with Crippen LogP contribution in [0.2, 0.25) is 0 Å². The van der Waals surface area contributed by atoms with E-state index >= 15 is 0 Å². The summed E-state index contributed by atoms with van der Waals surface area (Å²) in [4.78, 5) is 0. The van der Waals surface area contributed by atoms with E-state index in [1.54, 1.807) is 0 Å². The van der Waals surface area contributed by atoms with Crippen molar-refractivity contribution < 1.29 is 0 Å². The largest absolute Gasteiger partial charge is 0.251 e. The standard InChI is InChI=1S/C92H104N3P7/c1-5-9-68-93(97(81-40-25-15-26-41-81)82-42-27-16-28-43-82)100-87(61-50-73(33-8-4)71-75-51-59-86(60-52-75)99(84-46-31-18-32-47-84)95(70-11-7-3)102-91(66-67-92(102)96)79-38-23-14-24-39-79)62-63-88(100)80-55-48-74(49-56-80)72-76-53-57-85(58-54-76)98(83-44-29-17-30-45-83)94(69-10-6-2)101-89(77-34-19-12-20-35-77)64-65-90(101)78-36-21-13-22-37-78/h8,12-61,87-92H,4-7,9-11,62-72,96H2,1-3H3/b61-50-,73-33+/t87-,88+,89-,90-,91+,92+,98?,99?,100?,102?/m1/s1. The number of rotatable bonds is 32. The highest BCUT2D eigenvalue weighted by Gasteiger charge is 2.46. The third-order valence-electron chi connectivity index (χ3n) is 20.7. The van der Waals surface area contributed by atoms with E-state index in [0.717, 1.165) is 45.3 Å². The summed E-state index contributed by atoms with van der Waals surface area (Å²) in [6.45, 7) is 14.7. The van der Waals surface area contributed by atoms with Crippen LogP contribution in [0.15, 0.2) is 322 Å². The predicted molar refractivity (Wildman–Crippen MR) is 458 cm³/mol. The molecule has 10 aromatic rings. The molecule has 5 unspecified atom stereocenters. The Morgan fingerprint density at radius 3 is 1.09 bits per heavy atom. The molecule has 522 valence electrons. The summed E-state index contributed by atoms with van der Waals surface area (Å²) < 4.78 is 9.17. The van der Waals surface area contributed by atoms with E-state index in [4.69, 9.17) is 0 Å². The first kappa shape index (κ1) is 74.6. The lowest BCUT2D eigenvalue weighted by Gasteiger charge is -2.42. The van der Waals surface area contributed by atoms with Gasteiger partial charge in [0.05, 0.1) is 0 Å². The maximum atomic E-state index is 4.32. The molecule has 3 fully saturated rings. The van der Waals surface area contributed by atoms with Crippen molar-refractivity contribution in [1.29, 1.82) is 0 Å². The first-order valence-electron chi connectivity index (χ1n) is 37.8. The molecule has 0 amide bonds. The molecule has 3 heterocycles. The lowest BCUT2D eigenvalue weighted by atomic mass is 10.0. The molecule has 0 spiro atoms. The smallest absolute Gasteiger partial charge is 0.0318 e. The zero-order valence-corrected chi connectivity index (χ0v) is 66.8. The Labute approximate surface area is 622 Å². The van der Waals surface area contributed by atoms with Crippen LogP contribution in [0.3, 0.4) is 0 Å². The van der Waals surface area contributed by atoms with Crippen LogP contribution >= 0.6 is 57.7 Å².